The Morgan fingerprint density at radius 2 is 2.64 bits per heavy atom. The average Bonchev–Trinajstić information content (AvgIpc) is 2.37. The number of hydrogen-bond acceptors (Lipinski definition) is 3. The largest absolute Gasteiger partial charge is 0.364 e. The molecule has 0 aliphatic carbocycles. The molecule has 1 aromatic rings. The van der Waals surface area contributed by atoms with Crippen LogP contribution >= 0.6 is 11.3 Å². The van der Waals surface area contributed by atoms with E-state index in [1.807, 2.05) is 13.3 Å². The fraction of sp³-hybridized carbons (Fsp3) is 0.286. The third-order valence-electron chi connectivity index (χ3n) is 1.15. The van der Waals surface area contributed by atoms with Crippen molar-refractivity contribution in [3.8, 4) is 0 Å². The fourth-order valence-electron chi connectivity index (χ4n) is 0.669. The van der Waals surface area contributed by atoms with E-state index in [1.165, 1.54) is 11.3 Å². The minimum absolute atomic E-state index is 0.356. The highest BCUT2D eigenvalue weighted by atomic mass is 32.1. The maximum atomic E-state index is 10.6. The van der Waals surface area contributed by atoms with Crippen molar-refractivity contribution in [1.29, 1.82) is 0 Å². The van der Waals surface area contributed by atoms with E-state index in [0.717, 1.165) is 11.4 Å². The van der Waals surface area contributed by atoms with E-state index < -0.39 is 5.91 Å². The van der Waals surface area contributed by atoms with Crippen LogP contribution in [0.5, 0.6) is 0 Å². The number of amides is 1. The highest BCUT2D eigenvalue weighted by Gasteiger charge is 2.05. The zero-order chi connectivity index (χ0) is 8.27. The van der Waals surface area contributed by atoms with Crippen LogP contribution in [0.15, 0.2) is 5.38 Å². The van der Waals surface area contributed by atoms with Gasteiger partial charge in [-0.25, -0.2) is 4.98 Å². The molecular weight excluding hydrogens is 160 g/mol. The van der Waals surface area contributed by atoms with Gasteiger partial charge in [-0.3, -0.25) is 4.79 Å². The summed E-state index contributed by atoms with van der Waals surface area (Å²) >= 11 is 1.43. The van der Waals surface area contributed by atoms with Crippen LogP contribution in [-0.4, -0.2) is 10.9 Å². The molecule has 0 atom stereocenters. The molecule has 0 saturated carbocycles. The van der Waals surface area contributed by atoms with E-state index in [4.69, 9.17) is 5.73 Å². The second-order valence-corrected chi connectivity index (χ2v) is 2.94. The lowest BCUT2D eigenvalue weighted by molar-refractivity contribution is 0.0996. The zero-order valence-electron chi connectivity index (χ0n) is 6.20. The highest BCUT2D eigenvalue weighted by Crippen LogP contribution is 2.12. The number of primary amides is 1. The topological polar surface area (TPSA) is 56.0 Å². The van der Waals surface area contributed by atoms with Crippen LogP contribution in [0.1, 0.15) is 28.8 Å². The van der Waals surface area contributed by atoms with Crippen molar-refractivity contribution in [3.05, 3.63) is 22.5 Å². The van der Waals surface area contributed by atoms with Crippen LogP contribution in [0, 0.1) is 6.42 Å². The van der Waals surface area contributed by atoms with Gasteiger partial charge in [0.2, 0.25) is 0 Å². The Kier molecular flexibility index (Phi) is 2.59. The van der Waals surface area contributed by atoms with Crippen molar-refractivity contribution in [2.24, 2.45) is 5.73 Å². The van der Waals surface area contributed by atoms with Gasteiger partial charge < -0.3 is 5.73 Å². The summed E-state index contributed by atoms with van der Waals surface area (Å²) in [6.45, 7) is 2.02. The molecule has 0 unspecified atom stereocenters. The molecule has 2 N–H and O–H groups in total. The molecule has 0 aliphatic rings. The minimum Gasteiger partial charge on any atom is -0.364 e. The molecule has 0 saturated heterocycles. The van der Waals surface area contributed by atoms with E-state index >= 15 is 0 Å². The van der Waals surface area contributed by atoms with Gasteiger partial charge in [0.1, 0.15) is 5.69 Å². The zero-order valence-corrected chi connectivity index (χ0v) is 7.02. The van der Waals surface area contributed by atoms with Gasteiger partial charge in [-0.15, -0.1) is 11.3 Å². The van der Waals surface area contributed by atoms with Crippen LogP contribution in [0.4, 0.5) is 0 Å². The molecular formula is C7H9N2OS. The lowest BCUT2D eigenvalue weighted by Gasteiger charge is -1.86. The number of thiazole rings is 1. The van der Waals surface area contributed by atoms with Gasteiger partial charge in [-0.05, 0) is 6.42 Å². The normalized spacial score (nSPS) is 9.91. The predicted octanol–water partition coefficient (Wildman–Crippen LogP) is 1.20. The number of rotatable bonds is 3. The van der Waals surface area contributed by atoms with Crippen molar-refractivity contribution < 1.29 is 4.79 Å². The SMILES string of the molecule is CC[CH]c1nc(C(N)=O)cs1. The Balaban J connectivity index is 2.73. The number of hydrogen-bond donors (Lipinski definition) is 1. The lowest BCUT2D eigenvalue weighted by Crippen LogP contribution is -2.11. The van der Waals surface area contributed by atoms with Crippen molar-refractivity contribution in [1.82, 2.24) is 4.98 Å². The van der Waals surface area contributed by atoms with Crippen molar-refractivity contribution in [2.75, 3.05) is 0 Å². The van der Waals surface area contributed by atoms with Crippen LogP contribution < -0.4 is 5.73 Å². The summed E-state index contributed by atoms with van der Waals surface area (Å²) in [6.07, 6.45) is 2.88. The van der Waals surface area contributed by atoms with Crippen LogP contribution in [0.2, 0.25) is 0 Å². The number of aromatic nitrogens is 1. The Hall–Kier alpha value is -0.900. The van der Waals surface area contributed by atoms with Crippen LogP contribution in [0.25, 0.3) is 0 Å². The first-order chi connectivity index (χ1) is 5.24. The summed E-state index contributed by atoms with van der Waals surface area (Å²) < 4.78 is 0. The van der Waals surface area contributed by atoms with Gasteiger partial charge in [0.25, 0.3) is 5.91 Å². The second-order valence-electron chi connectivity index (χ2n) is 2.05. The monoisotopic (exact) mass is 169 g/mol. The summed E-state index contributed by atoms with van der Waals surface area (Å²) in [5.74, 6) is -0.461. The van der Waals surface area contributed by atoms with Crippen LogP contribution in [-0.2, 0) is 0 Å². The molecule has 59 valence electrons. The quantitative estimate of drug-likeness (QED) is 0.739. The molecule has 0 aromatic carbocycles. The number of carbonyl (C=O) groups is 1. The molecule has 0 aliphatic heterocycles. The maximum Gasteiger partial charge on any atom is 0.268 e. The summed E-state index contributed by atoms with van der Waals surface area (Å²) in [5.41, 5.74) is 5.37. The first kappa shape index (κ1) is 8.20. The van der Waals surface area contributed by atoms with Gasteiger partial charge in [-0.2, -0.15) is 0 Å². The Morgan fingerprint density at radius 1 is 1.91 bits per heavy atom. The lowest BCUT2D eigenvalue weighted by atomic mass is 10.3. The molecule has 1 rings (SSSR count). The number of carbonyl (C=O) groups excluding carboxylic acids is 1. The van der Waals surface area contributed by atoms with Gasteiger partial charge in [-0.1, -0.05) is 6.92 Å². The molecule has 3 nitrogen and oxygen atoms in total. The Bertz CT molecular complexity index is 257. The molecule has 1 amide bonds. The predicted molar refractivity (Wildman–Crippen MR) is 44.3 cm³/mol. The van der Waals surface area contributed by atoms with E-state index in [0.29, 0.717) is 5.69 Å². The summed E-state index contributed by atoms with van der Waals surface area (Å²) in [5, 5.41) is 2.53. The van der Waals surface area contributed by atoms with Gasteiger partial charge in [0, 0.05) is 11.8 Å². The van der Waals surface area contributed by atoms with Crippen molar-refractivity contribution >= 4 is 17.2 Å². The Morgan fingerprint density at radius 3 is 3.09 bits per heavy atom. The molecule has 1 aromatic heterocycles. The minimum atomic E-state index is -0.461. The molecule has 4 heteroatoms. The standard InChI is InChI=1S/C7H9N2OS/c1-2-3-6-9-5(4-11-6)7(8)10/h3-4H,2H2,1H3,(H2,8,10). The van der Waals surface area contributed by atoms with Crippen LogP contribution in [0.3, 0.4) is 0 Å². The van der Waals surface area contributed by atoms with E-state index in [2.05, 4.69) is 4.98 Å². The maximum absolute atomic E-state index is 10.6. The van der Waals surface area contributed by atoms with E-state index in [9.17, 15) is 4.79 Å². The van der Waals surface area contributed by atoms with Gasteiger partial charge >= 0.3 is 0 Å². The van der Waals surface area contributed by atoms with Crippen molar-refractivity contribution in [2.45, 2.75) is 13.3 Å². The van der Waals surface area contributed by atoms with E-state index in [1.54, 1.807) is 5.38 Å². The summed E-state index contributed by atoms with van der Waals surface area (Å²) in [6, 6.07) is 0. The molecule has 1 radical (unpaired) electrons. The molecule has 11 heavy (non-hydrogen) atoms. The summed E-state index contributed by atoms with van der Waals surface area (Å²) in [4.78, 5) is 14.6. The van der Waals surface area contributed by atoms with Gasteiger partial charge in [0.15, 0.2) is 0 Å². The smallest absolute Gasteiger partial charge is 0.268 e. The van der Waals surface area contributed by atoms with Gasteiger partial charge in [0.05, 0.1) is 5.01 Å². The fourth-order valence-corrected chi connectivity index (χ4v) is 1.48. The number of nitrogens with zero attached hydrogens (tertiary/aromatic N) is 1. The third kappa shape index (κ3) is 2.01. The average molecular weight is 169 g/mol. The molecule has 0 spiro atoms. The first-order valence-electron chi connectivity index (χ1n) is 3.32. The number of nitrogens with two attached hydrogens (primary N) is 1. The highest BCUT2D eigenvalue weighted by molar-refractivity contribution is 7.10. The second kappa shape index (κ2) is 3.48. The van der Waals surface area contributed by atoms with E-state index in [-0.39, 0.29) is 0 Å². The summed E-state index contributed by atoms with van der Waals surface area (Å²) in [7, 11) is 0. The molecule has 0 fully saturated rings. The molecule has 0 bridgehead atoms. The third-order valence-corrected chi connectivity index (χ3v) is 1.99. The molecule has 1 heterocycles. The first-order valence-corrected chi connectivity index (χ1v) is 4.20. The Labute approximate surface area is 69.3 Å². The van der Waals surface area contributed by atoms with Crippen molar-refractivity contribution in [3.63, 3.8) is 0 Å².